The van der Waals surface area contributed by atoms with Gasteiger partial charge in [0.15, 0.2) is 0 Å². The average molecular weight is 473 g/mol. The summed E-state index contributed by atoms with van der Waals surface area (Å²) in [6.45, 7) is 18.4. The highest BCUT2D eigenvalue weighted by molar-refractivity contribution is 8.93. The fourth-order valence-corrected chi connectivity index (χ4v) is 3.12. The lowest BCUT2D eigenvalue weighted by atomic mass is 9.99. The first-order chi connectivity index (χ1) is 13.3. The van der Waals surface area contributed by atoms with E-state index in [-0.39, 0.29) is 23.0 Å². The molecule has 0 aromatic heterocycles. The van der Waals surface area contributed by atoms with Gasteiger partial charge in [0.05, 0.1) is 6.61 Å². The summed E-state index contributed by atoms with van der Waals surface area (Å²) in [6.07, 6.45) is 13.6. The normalized spacial score (nSPS) is 13.1. The molecule has 0 heterocycles. The number of rotatable bonds is 15. The summed E-state index contributed by atoms with van der Waals surface area (Å²) < 4.78 is 5.30. The molecule has 0 bridgehead atoms. The van der Waals surface area contributed by atoms with Crippen molar-refractivity contribution in [2.75, 3.05) is 26.2 Å². The van der Waals surface area contributed by atoms with Crippen molar-refractivity contribution in [2.24, 2.45) is 5.92 Å². The van der Waals surface area contributed by atoms with Gasteiger partial charge >= 0.3 is 5.97 Å². The molecular weight excluding hydrogens is 426 g/mol. The Morgan fingerprint density at radius 1 is 0.897 bits per heavy atom. The maximum absolute atomic E-state index is 11.2. The van der Waals surface area contributed by atoms with E-state index in [0.717, 1.165) is 58.2 Å². The lowest BCUT2D eigenvalue weighted by molar-refractivity contribution is -0.142. The highest BCUT2D eigenvalue weighted by atomic mass is 79.9. The molecular formula is C25H46BrNO2. The third-order valence-corrected chi connectivity index (χ3v) is 5.19. The first-order valence-corrected chi connectivity index (χ1v) is 11.1. The van der Waals surface area contributed by atoms with Crippen LogP contribution in [0.25, 0.3) is 0 Å². The van der Waals surface area contributed by atoms with E-state index < -0.39 is 0 Å². The molecule has 0 amide bonds. The van der Waals surface area contributed by atoms with Crippen LogP contribution in [0.1, 0.15) is 87.0 Å². The largest absolute Gasteiger partial charge is 0.466 e. The Balaban J connectivity index is 0. The predicted octanol–water partition coefficient (Wildman–Crippen LogP) is 7.28. The summed E-state index contributed by atoms with van der Waals surface area (Å²) in [7, 11) is 0. The molecule has 170 valence electrons. The molecule has 0 radical (unpaired) electrons. The van der Waals surface area contributed by atoms with Gasteiger partial charge in [0, 0.05) is 6.92 Å². The molecule has 0 N–H and O–H groups in total. The Morgan fingerprint density at radius 2 is 1.45 bits per heavy atom. The van der Waals surface area contributed by atoms with Crippen LogP contribution in [0.5, 0.6) is 0 Å². The van der Waals surface area contributed by atoms with Crippen LogP contribution in [0.3, 0.4) is 0 Å². The molecule has 1 unspecified atom stereocenters. The second-order valence-electron chi connectivity index (χ2n) is 8.18. The molecule has 0 aliphatic carbocycles. The molecule has 0 spiro atoms. The maximum atomic E-state index is 11.2. The van der Waals surface area contributed by atoms with Gasteiger partial charge in [-0.05, 0) is 91.8 Å². The minimum Gasteiger partial charge on any atom is -0.466 e. The number of hydrogen-bond acceptors (Lipinski definition) is 3. The van der Waals surface area contributed by atoms with E-state index in [4.69, 9.17) is 4.74 Å². The van der Waals surface area contributed by atoms with Crippen molar-refractivity contribution < 1.29 is 9.53 Å². The van der Waals surface area contributed by atoms with Crippen LogP contribution in [-0.4, -0.2) is 37.1 Å². The summed E-state index contributed by atoms with van der Waals surface area (Å²) in [5.74, 6) is 0.225. The van der Waals surface area contributed by atoms with Crippen molar-refractivity contribution in [3.63, 3.8) is 0 Å². The van der Waals surface area contributed by atoms with Gasteiger partial charge < -0.3 is 9.64 Å². The number of hydrogen-bond donors (Lipinski definition) is 0. The number of esters is 1. The van der Waals surface area contributed by atoms with Gasteiger partial charge in [-0.1, -0.05) is 48.8 Å². The van der Waals surface area contributed by atoms with Crippen molar-refractivity contribution in [1.82, 2.24) is 4.90 Å². The van der Waals surface area contributed by atoms with Crippen LogP contribution < -0.4 is 0 Å². The maximum Gasteiger partial charge on any atom is 0.302 e. The van der Waals surface area contributed by atoms with E-state index in [1.807, 2.05) is 0 Å². The summed E-state index contributed by atoms with van der Waals surface area (Å²) in [6, 6.07) is 0. The summed E-state index contributed by atoms with van der Waals surface area (Å²) in [4.78, 5) is 13.6. The number of carbonyl (C=O) groups is 1. The van der Waals surface area contributed by atoms with E-state index in [2.05, 4.69) is 64.7 Å². The Hall–Kier alpha value is -0.870. The number of ether oxygens (including phenoxy) is 1. The fraction of sp³-hybridized carbons (Fsp3) is 0.720. The summed E-state index contributed by atoms with van der Waals surface area (Å²) >= 11 is 0. The number of nitrogens with zero attached hydrogens (tertiary/aromatic N) is 1. The molecule has 3 nitrogen and oxygen atoms in total. The molecule has 0 fully saturated rings. The number of halogens is 1. The first kappa shape index (κ1) is 30.3. The monoisotopic (exact) mass is 471 g/mol. The van der Waals surface area contributed by atoms with Gasteiger partial charge in [0.2, 0.25) is 0 Å². The van der Waals surface area contributed by atoms with Crippen LogP contribution in [-0.2, 0) is 9.53 Å². The van der Waals surface area contributed by atoms with Crippen LogP contribution >= 0.6 is 17.0 Å². The molecule has 29 heavy (non-hydrogen) atoms. The highest BCUT2D eigenvalue weighted by Gasteiger charge is 2.11. The molecule has 0 aliphatic rings. The Kier molecular flexibility index (Phi) is 20.0. The Morgan fingerprint density at radius 3 is 1.97 bits per heavy atom. The van der Waals surface area contributed by atoms with Crippen molar-refractivity contribution in [3.05, 3.63) is 34.9 Å². The van der Waals surface area contributed by atoms with Gasteiger partial charge in [-0.2, -0.15) is 0 Å². The van der Waals surface area contributed by atoms with Gasteiger partial charge in [0.25, 0.3) is 0 Å². The van der Waals surface area contributed by atoms with E-state index in [1.165, 1.54) is 23.6 Å². The van der Waals surface area contributed by atoms with Crippen molar-refractivity contribution in [2.45, 2.75) is 87.0 Å². The Bertz CT molecular complexity index is 515. The van der Waals surface area contributed by atoms with E-state index in [9.17, 15) is 4.79 Å². The SMILES string of the molecule is Br.CCN(CC)CCC(CC=C(C)CCC=C(C)CCC=C(C)C)COC(C)=O. The average Bonchev–Trinajstić information content (AvgIpc) is 2.63. The molecule has 1 atom stereocenters. The third-order valence-electron chi connectivity index (χ3n) is 5.19. The van der Waals surface area contributed by atoms with E-state index >= 15 is 0 Å². The molecule has 0 saturated heterocycles. The lowest BCUT2D eigenvalue weighted by Gasteiger charge is -2.22. The topological polar surface area (TPSA) is 29.5 Å². The van der Waals surface area contributed by atoms with Crippen molar-refractivity contribution in [3.8, 4) is 0 Å². The third kappa shape index (κ3) is 18.9. The number of allylic oxidation sites excluding steroid dienone is 6. The van der Waals surface area contributed by atoms with Gasteiger partial charge in [0.1, 0.15) is 0 Å². The summed E-state index contributed by atoms with van der Waals surface area (Å²) in [5, 5.41) is 0. The van der Waals surface area contributed by atoms with Gasteiger partial charge in [-0.15, -0.1) is 17.0 Å². The van der Waals surface area contributed by atoms with E-state index in [1.54, 1.807) is 0 Å². The molecule has 0 aromatic rings. The summed E-state index contributed by atoms with van der Waals surface area (Å²) in [5.41, 5.74) is 4.32. The van der Waals surface area contributed by atoms with Crippen LogP contribution in [0.15, 0.2) is 34.9 Å². The molecule has 0 saturated carbocycles. The lowest BCUT2D eigenvalue weighted by Crippen LogP contribution is -2.27. The highest BCUT2D eigenvalue weighted by Crippen LogP contribution is 2.16. The van der Waals surface area contributed by atoms with Crippen LogP contribution in [0.4, 0.5) is 0 Å². The predicted molar refractivity (Wildman–Crippen MR) is 133 cm³/mol. The van der Waals surface area contributed by atoms with Gasteiger partial charge in [-0.25, -0.2) is 0 Å². The minimum atomic E-state index is -0.178. The van der Waals surface area contributed by atoms with Gasteiger partial charge in [-0.3, -0.25) is 4.79 Å². The second kappa shape index (κ2) is 19.1. The first-order valence-electron chi connectivity index (χ1n) is 11.1. The number of carbonyl (C=O) groups excluding carboxylic acids is 1. The van der Waals surface area contributed by atoms with Crippen molar-refractivity contribution in [1.29, 1.82) is 0 Å². The van der Waals surface area contributed by atoms with Crippen molar-refractivity contribution >= 4 is 23.0 Å². The van der Waals surface area contributed by atoms with Crippen LogP contribution in [0, 0.1) is 5.92 Å². The molecule has 0 aromatic carbocycles. The molecule has 0 aliphatic heterocycles. The van der Waals surface area contributed by atoms with Crippen LogP contribution in [0.2, 0.25) is 0 Å². The Labute approximate surface area is 191 Å². The second-order valence-corrected chi connectivity index (χ2v) is 8.18. The smallest absolute Gasteiger partial charge is 0.302 e. The van der Waals surface area contributed by atoms with E-state index in [0.29, 0.717) is 12.5 Å². The zero-order valence-corrected chi connectivity index (χ0v) is 21.8. The molecule has 4 heteroatoms. The molecule has 0 rings (SSSR count). The minimum absolute atomic E-state index is 0. The standard InChI is InChI=1S/C25H45NO2.BrH/c1-8-26(9-2)19-18-25(20-28-24(7)27)17-16-23(6)15-11-14-22(5)13-10-12-21(3)4;/h12,14,16,25H,8-11,13,15,17-20H2,1-7H3;1H. The quantitative estimate of drug-likeness (QED) is 0.185. The zero-order valence-electron chi connectivity index (χ0n) is 20.1. The fourth-order valence-electron chi connectivity index (χ4n) is 3.12. The zero-order chi connectivity index (χ0) is 21.4.